The van der Waals surface area contributed by atoms with Gasteiger partial charge in [-0.15, -0.1) is 0 Å². The van der Waals surface area contributed by atoms with E-state index in [0.29, 0.717) is 6.04 Å². The topological polar surface area (TPSA) is 32.5 Å². The molecule has 1 atom stereocenters. The monoisotopic (exact) mass is 199 g/mol. The van der Waals surface area contributed by atoms with Crippen molar-refractivity contribution >= 4 is 0 Å². The fourth-order valence-corrected chi connectivity index (χ4v) is 2.06. The van der Waals surface area contributed by atoms with Crippen LogP contribution in [0.5, 0.6) is 0 Å². The van der Waals surface area contributed by atoms with Crippen LogP contribution in [0.2, 0.25) is 0 Å². The Labute approximate surface area is 88.2 Å². The third kappa shape index (κ3) is 3.95. The summed E-state index contributed by atoms with van der Waals surface area (Å²) < 4.78 is 0. The van der Waals surface area contributed by atoms with E-state index in [1.54, 1.807) is 0 Å². The largest absolute Gasteiger partial charge is 0.325 e. The van der Waals surface area contributed by atoms with Crippen LogP contribution in [0, 0.1) is 0 Å². The van der Waals surface area contributed by atoms with Gasteiger partial charge in [0.25, 0.3) is 0 Å². The molecule has 1 fully saturated rings. The highest BCUT2D eigenvalue weighted by molar-refractivity contribution is 4.77. The lowest BCUT2D eigenvalue weighted by Gasteiger charge is -2.21. The third-order valence-electron chi connectivity index (χ3n) is 2.99. The van der Waals surface area contributed by atoms with Crippen LogP contribution in [0.1, 0.15) is 26.7 Å². The van der Waals surface area contributed by atoms with E-state index in [0.717, 1.165) is 19.6 Å². The molecule has 0 aromatic heterocycles. The molecule has 3 heteroatoms. The Morgan fingerprint density at radius 1 is 1.14 bits per heavy atom. The summed E-state index contributed by atoms with van der Waals surface area (Å²) in [6.07, 6.45) is 2.59. The number of nitrogens with two attached hydrogens (primary N) is 1. The zero-order chi connectivity index (χ0) is 10.4. The molecule has 0 radical (unpaired) electrons. The first kappa shape index (κ1) is 12.0. The van der Waals surface area contributed by atoms with Crippen molar-refractivity contribution in [1.82, 2.24) is 9.80 Å². The Morgan fingerprint density at radius 3 is 2.43 bits per heavy atom. The van der Waals surface area contributed by atoms with Crippen molar-refractivity contribution in [2.24, 2.45) is 5.73 Å². The van der Waals surface area contributed by atoms with Gasteiger partial charge in [-0.3, -0.25) is 0 Å². The molecular weight excluding hydrogens is 174 g/mol. The molecule has 1 aliphatic heterocycles. The van der Waals surface area contributed by atoms with Crippen LogP contribution >= 0.6 is 0 Å². The molecule has 2 N–H and O–H groups in total. The van der Waals surface area contributed by atoms with Gasteiger partial charge >= 0.3 is 0 Å². The molecular formula is C11H25N3. The molecule has 1 rings (SSSR count). The second-order valence-electron chi connectivity index (χ2n) is 4.31. The summed E-state index contributed by atoms with van der Waals surface area (Å²) in [5, 5.41) is 0. The summed E-state index contributed by atoms with van der Waals surface area (Å²) in [5.74, 6) is 0. The van der Waals surface area contributed by atoms with Crippen LogP contribution < -0.4 is 5.73 Å². The predicted octanol–water partition coefficient (Wildman–Crippen LogP) is 0.751. The SMILES string of the molecule is CCCCN1CCN(CC)CC(N)C1. The van der Waals surface area contributed by atoms with Gasteiger partial charge in [0.1, 0.15) is 0 Å². The normalized spacial score (nSPS) is 26.4. The summed E-state index contributed by atoms with van der Waals surface area (Å²) in [4.78, 5) is 4.97. The van der Waals surface area contributed by atoms with Gasteiger partial charge in [-0.05, 0) is 19.5 Å². The molecule has 84 valence electrons. The Balaban J connectivity index is 2.33. The smallest absolute Gasteiger partial charge is 0.0297 e. The Bertz CT molecular complexity index is 149. The number of nitrogens with zero attached hydrogens (tertiary/aromatic N) is 2. The van der Waals surface area contributed by atoms with E-state index in [2.05, 4.69) is 23.6 Å². The van der Waals surface area contributed by atoms with Crippen molar-refractivity contribution < 1.29 is 0 Å². The minimum Gasteiger partial charge on any atom is -0.325 e. The lowest BCUT2D eigenvalue weighted by Crippen LogP contribution is -2.40. The van der Waals surface area contributed by atoms with Crippen molar-refractivity contribution in [2.45, 2.75) is 32.7 Å². The Morgan fingerprint density at radius 2 is 1.79 bits per heavy atom. The standard InChI is InChI=1S/C11H25N3/c1-3-5-6-14-8-7-13(4-2)9-11(12)10-14/h11H,3-10,12H2,1-2H3. The van der Waals surface area contributed by atoms with Crippen molar-refractivity contribution in [3.05, 3.63) is 0 Å². The first-order valence-electron chi connectivity index (χ1n) is 5.96. The number of unbranched alkanes of at least 4 members (excludes halogenated alkanes) is 1. The van der Waals surface area contributed by atoms with Crippen molar-refractivity contribution in [3.63, 3.8) is 0 Å². The molecule has 0 aromatic rings. The average Bonchev–Trinajstić information content (AvgIpc) is 2.36. The Hall–Kier alpha value is -0.120. The minimum atomic E-state index is 0.342. The van der Waals surface area contributed by atoms with Gasteiger partial charge in [0.05, 0.1) is 0 Å². The molecule has 1 aliphatic rings. The Kier molecular flexibility index (Phi) is 5.45. The fraction of sp³-hybridized carbons (Fsp3) is 1.00. The molecule has 3 nitrogen and oxygen atoms in total. The van der Waals surface area contributed by atoms with Gasteiger partial charge in [0.2, 0.25) is 0 Å². The molecule has 1 unspecified atom stereocenters. The maximum atomic E-state index is 6.08. The van der Waals surface area contributed by atoms with Crippen LogP contribution in [-0.2, 0) is 0 Å². The molecule has 0 spiro atoms. The molecule has 14 heavy (non-hydrogen) atoms. The molecule has 0 aliphatic carbocycles. The maximum absolute atomic E-state index is 6.08. The first-order chi connectivity index (χ1) is 6.76. The number of hydrogen-bond acceptors (Lipinski definition) is 3. The number of likely N-dealkylation sites (N-methyl/N-ethyl adjacent to an activating group) is 1. The van der Waals surface area contributed by atoms with Crippen LogP contribution in [0.4, 0.5) is 0 Å². The van der Waals surface area contributed by atoms with E-state index in [9.17, 15) is 0 Å². The van der Waals surface area contributed by atoms with E-state index in [-0.39, 0.29) is 0 Å². The van der Waals surface area contributed by atoms with Crippen LogP contribution in [0.25, 0.3) is 0 Å². The van der Waals surface area contributed by atoms with E-state index in [1.165, 1.54) is 32.5 Å². The summed E-state index contributed by atoms with van der Waals surface area (Å²) in [7, 11) is 0. The summed E-state index contributed by atoms with van der Waals surface area (Å²) >= 11 is 0. The van der Waals surface area contributed by atoms with Crippen molar-refractivity contribution in [1.29, 1.82) is 0 Å². The van der Waals surface area contributed by atoms with E-state index in [1.807, 2.05) is 0 Å². The van der Waals surface area contributed by atoms with Gasteiger partial charge < -0.3 is 15.5 Å². The van der Waals surface area contributed by atoms with Gasteiger partial charge in [-0.2, -0.15) is 0 Å². The van der Waals surface area contributed by atoms with E-state index in [4.69, 9.17) is 5.73 Å². The van der Waals surface area contributed by atoms with Crippen molar-refractivity contribution in [3.8, 4) is 0 Å². The van der Waals surface area contributed by atoms with Gasteiger partial charge in [-0.25, -0.2) is 0 Å². The van der Waals surface area contributed by atoms with Gasteiger partial charge in [0.15, 0.2) is 0 Å². The second kappa shape index (κ2) is 6.38. The van der Waals surface area contributed by atoms with Gasteiger partial charge in [0, 0.05) is 32.2 Å². The van der Waals surface area contributed by atoms with Crippen LogP contribution in [0.15, 0.2) is 0 Å². The number of rotatable bonds is 4. The predicted molar refractivity (Wildman–Crippen MR) is 61.4 cm³/mol. The van der Waals surface area contributed by atoms with Crippen LogP contribution in [-0.4, -0.2) is 55.1 Å². The van der Waals surface area contributed by atoms with Crippen molar-refractivity contribution in [2.75, 3.05) is 39.3 Å². The zero-order valence-corrected chi connectivity index (χ0v) is 9.71. The molecule has 1 saturated heterocycles. The first-order valence-corrected chi connectivity index (χ1v) is 5.96. The lowest BCUT2D eigenvalue weighted by molar-refractivity contribution is 0.260. The quantitative estimate of drug-likeness (QED) is 0.725. The molecule has 0 amide bonds. The third-order valence-corrected chi connectivity index (χ3v) is 2.99. The molecule has 1 heterocycles. The summed E-state index contributed by atoms with van der Waals surface area (Å²) in [6.45, 7) is 11.4. The average molecular weight is 199 g/mol. The highest BCUT2D eigenvalue weighted by atomic mass is 15.2. The minimum absolute atomic E-state index is 0.342. The second-order valence-corrected chi connectivity index (χ2v) is 4.31. The van der Waals surface area contributed by atoms with E-state index < -0.39 is 0 Å². The molecule has 0 bridgehead atoms. The van der Waals surface area contributed by atoms with E-state index >= 15 is 0 Å². The molecule has 0 saturated carbocycles. The zero-order valence-electron chi connectivity index (χ0n) is 9.71. The lowest BCUT2D eigenvalue weighted by atomic mass is 10.2. The van der Waals surface area contributed by atoms with Gasteiger partial charge in [-0.1, -0.05) is 20.3 Å². The maximum Gasteiger partial charge on any atom is 0.0297 e. The summed E-state index contributed by atoms with van der Waals surface area (Å²) in [6, 6.07) is 0.342. The number of hydrogen-bond donors (Lipinski definition) is 1. The molecule has 0 aromatic carbocycles. The highest BCUT2D eigenvalue weighted by Gasteiger charge is 2.18. The van der Waals surface area contributed by atoms with Crippen LogP contribution in [0.3, 0.4) is 0 Å². The summed E-state index contributed by atoms with van der Waals surface area (Å²) in [5.41, 5.74) is 6.08. The fourth-order valence-electron chi connectivity index (χ4n) is 2.06. The highest BCUT2D eigenvalue weighted by Crippen LogP contribution is 2.03.